The topological polar surface area (TPSA) is 49.4 Å². The van der Waals surface area contributed by atoms with Crippen LogP contribution in [-0.2, 0) is 16.6 Å². The Morgan fingerprint density at radius 3 is 2.56 bits per heavy atom. The molecule has 0 aliphatic rings. The molecule has 1 N–H and O–H groups in total. The highest BCUT2D eigenvalue weighted by atomic mass is 35.5. The van der Waals surface area contributed by atoms with Crippen molar-refractivity contribution < 1.29 is 8.42 Å². The van der Waals surface area contributed by atoms with Crippen molar-refractivity contribution in [3.63, 3.8) is 0 Å². The fraction of sp³-hybridized carbons (Fsp3) is 0.500. The SMILES string of the molecule is CCCN(C)S(=O)(=O)c1ccc(CNC)c(Cl)c1. The zero-order valence-corrected chi connectivity index (χ0v) is 12.5. The van der Waals surface area contributed by atoms with Gasteiger partial charge in [0, 0.05) is 25.2 Å². The van der Waals surface area contributed by atoms with Gasteiger partial charge < -0.3 is 5.32 Å². The fourth-order valence-corrected chi connectivity index (χ4v) is 3.24. The van der Waals surface area contributed by atoms with E-state index in [1.807, 2.05) is 14.0 Å². The van der Waals surface area contributed by atoms with E-state index in [1.165, 1.54) is 10.4 Å². The largest absolute Gasteiger partial charge is 0.316 e. The normalized spacial score (nSPS) is 12.1. The first kappa shape index (κ1) is 15.4. The van der Waals surface area contributed by atoms with Crippen molar-refractivity contribution in [1.82, 2.24) is 9.62 Å². The van der Waals surface area contributed by atoms with Crippen molar-refractivity contribution >= 4 is 21.6 Å². The van der Waals surface area contributed by atoms with E-state index in [4.69, 9.17) is 11.6 Å². The summed E-state index contributed by atoms with van der Waals surface area (Å²) in [5.41, 5.74) is 0.885. The lowest BCUT2D eigenvalue weighted by molar-refractivity contribution is 0.468. The Balaban J connectivity index is 3.07. The molecule has 0 saturated carbocycles. The summed E-state index contributed by atoms with van der Waals surface area (Å²) in [4.78, 5) is 0.239. The second-order valence-corrected chi connectivity index (χ2v) is 6.56. The lowest BCUT2D eigenvalue weighted by Crippen LogP contribution is -2.27. The maximum absolute atomic E-state index is 12.2. The van der Waals surface area contributed by atoms with E-state index in [0.29, 0.717) is 18.1 Å². The predicted octanol–water partition coefficient (Wildman–Crippen LogP) is 2.09. The highest BCUT2D eigenvalue weighted by Gasteiger charge is 2.20. The molecule has 0 aliphatic carbocycles. The van der Waals surface area contributed by atoms with Crippen LogP contribution in [0.4, 0.5) is 0 Å². The number of benzene rings is 1. The molecule has 0 radical (unpaired) electrons. The molecule has 0 fully saturated rings. The summed E-state index contributed by atoms with van der Waals surface area (Å²) < 4.78 is 25.7. The Kier molecular flexibility index (Phi) is 5.59. The fourth-order valence-electron chi connectivity index (χ4n) is 1.64. The second-order valence-electron chi connectivity index (χ2n) is 4.11. The summed E-state index contributed by atoms with van der Waals surface area (Å²) in [6.07, 6.45) is 0.779. The number of sulfonamides is 1. The van der Waals surface area contributed by atoms with Gasteiger partial charge in [0.05, 0.1) is 4.90 Å². The highest BCUT2D eigenvalue weighted by molar-refractivity contribution is 7.89. The van der Waals surface area contributed by atoms with Gasteiger partial charge in [0.15, 0.2) is 0 Å². The molecular weight excluding hydrogens is 272 g/mol. The van der Waals surface area contributed by atoms with E-state index in [1.54, 1.807) is 19.2 Å². The zero-order chi connectivity index (χ0) is 13.8. The van der Waals surface area contributed by atoms with E-state index in [0.717, 1.165) is 12.0 Å². The number of halogens is 1. The van der Waals surface area contributed by atoms with Crippen LogP contribution in [0.5, 0.6) is 0 Å². The van der Waals surface area contributed by atoms with Crippen molar-refractivity contribution in [2.45, 2.75) is 24.8 Å². The van der Waals surface area contributed by atoms with E-state index in [2.05, 4.69) is 5.32 Å². The number of hydrogen-bond donors (Lipinski definition) is 1. The summed E-state index contributed by atoms with van der Waals surface area (Å²) in [6.45, 7) is 3.05. The third-order valence-corrected chi connectivity index (χ3v) is 4.84. The molecule has 1 aromatic rings. The van der Waals surface area contributed by atoms with Crippen LogP contribution in [0.15, 0.2) is 23.1 Å². The molecule has 1 aromatic carbocycles. The highest BCUT2D eigenvalue weighted by Crippen LogP contribution is 2.22. The summed E-state index contributed by atoms with van der Waals surface area (Å²) in [6, 6.07) is 4.85. The molecule has 0 amide bonds. The van der Waals surface area contributed by atoms with Gasteiger partial charge in [0.25, 0.3) is 0 Å². The van der Waals surface area contributed by atoms with Gasteiger partial charge in [0.1, 0.15) is 0 Å². The van der Waals surface area contributed by atoms with Crippen LogP contribution < -0.4 is 5.32 Å². The average Bonchev–Trinajstić information content (AvgIpc) is 2.32. The van der Waals surface area contributed by atoms with Crippen LogP contribution in [0.25, 0.3) is 0 Å². The Hall–Kier alpha value is -0.620. The Morgan fingerprint density at radius 2 is 2.06 bits per heavy atom. The summed E-state index contributed by atoms with van der Waals surface area (Å²) in [5.74, 6) is 0. The maximum Gasteiger partial charge on any atom is 0.242 e. The van der Waals surface area contributed by atoms with Gasteiger partial charge in [-0.3, -0.25) is 0 Å². The molecule has 0 spiro atoms. The molecule has 0 aromatic heterocycles. The van der Waals surface area contributed by atoms with Crippen LogP contribution in [0, 0.1) is 0 Å². The first-order valence-electron chi connectivity index (χ1n) is 5.82. The first-order valence-corrected chi connectivity index (χ1v) is 7.64. The third kappa shape index (κ3) is 3.45. The van der Waals surface area contributed by atoms with Gasteiger partial charge in [-0.15, -0.1) is 0 Å². The number of rotatable bonds is 6. The monoisotopic (exact) mass is 290 g/mol. The minimum Gasteiger partial charge on any atom is -0.316 e. The summed E-state index contributed by atoms with van der Waals surface area (Å²) >= 11 is 6.07. The van der Waals surface area contributed by atoms with Crippen LogP contribution in [0.3, 0.4) is 0 Å². The van der Waals surface area contributed by atoms with Gasteiger partial charge in [-0.2, -0.15) is 0 Å². The van der Waals surface area contributed by atoms with Crippen molar-refractivity contribution in [2.75, 3.05) is 20.6 Å². The molecule has 0 bridgehead atoms. The van der Waals surface area contributed by atoms with Gasteiger partial charge in [-0.1, -0.05) is 24.6 Å². The maximum atomic E-state index is 12.2. The molecule has 0 saturated heterocycles. The Morgan fingerprint density at radius 1 is 1.39 bits per heavy atom. The quantitative estimate of drug-likeness (QED) is 0.873. The second kappa shape index (κ2) is 6.52. The van der Waals surface area contributed by atoms with Crippen molar-refractivity contribution in [3.8, 4) is 0 Å². The molecule has 102 valence electrons. The first-order chi connectivity index (χ1) is 8.43. The predicted molar refractivity (Wildman–Crippen MR) is 74.3 cm³/mol. The molecule has 0 unspecified atom stereocenters. The van der Waals surface area contributed by atoms with E-state index >= 15 is 0 Å². The minimum absolute atomic E-state index is 0.239. The van der Waals surface area contributed by atoms with Crippen LogP contribution in [0.1, 0.15) is 18.9 Å². The minimum atomic E-state index is -3.43. The Labute approximate surface area is 114 Å². The molecule has 4 nitrogen and oxygen atoms in total. The standard InChI is InChI=1S/C12H19ClN2O2S/c1-4-7-15(3)18(16,17)11-6-5-10(9-14-2)12(13)8-11/h5-6,8,14H,4,7,9H2,1-3H3. The smallest absolute Gasteiger partial charge is 0.242 e. The van der Waals surface area contributed by atoms with E-state index in [-0.39, 0.29) is 4.90 Å². The lowest BCUT2D eigenvalue weighted by Gasteiger charge is -2.17. The van der Waals surface area contributed by atoms with Crippen LogP contribution in [-0.4, -0.2) is 33.4 Å². The van der Waals surface area contributed by atoms with Crippen molar-refractivity contribution in [1.29, 1.82) is 0 Å². The van der Waals surface area contributed by atoms with Gasteiger partial charge >= 0.3 is 0 Å². The molecule has 0 aliphatic heterocycles. The zero-order valence-electron chi connectivity index (χ0n) is 10.9. The van der Waals surface area contributed by atoms with E-state index < -0.39 is 10.0 Å². The molecule has 1 rings (SSSR count). The van der Waals surface area contributed by atoms with Gasteiger partial charge in [-0.25, -0.2) is 12.7 Å². The number of hydrogen-bond acceptors (Lipinski definition) is 3. The molecule has 0 atom stereocenters. The van der Waals surface area contributed by atoms with E-state index in [9.17, 15) is 8.42 Å². The van der Waals surface area contributed by atoms with Crippen molar-refractivity contribution in [2.24, 2.45) is 0 Å². The van der Waals surface area contributed by atoms with Crippen LogP contribution in [0.2, 0.25) is 5.02 Å². The average molecular weight is 291 g/mol. The lowest BCUT2D eigenvalue weighted by atomic mass is 10.2. The van der Waals surface area contributed by atoms with Gasteiger partial charge in [-0.05, 0) is 31.2 Å². The molecular formula is C12H19ClN2O2S. The van der Waals surface area contributed by atoms with Crippen molar-refractivity contribution in [3.05, 3.63) is 28.8 Å². The van der Waals surface area contributed by atoms with Gasteiger partial charge in [0.2, 0.25) is 10.0 Å². The summed E-state index contributed by atoms with van der Waals surface area (Å²) in [7, 11) is -0.0337. The van der Waals surface area contributed by atoms with Crippen LogP contribution >= 0.6 is 11.6 Å². The molecule has 6 heteroatoms. The third-order valence-electron chi connectivity index (χ3n) is 2.64. The number of nitrogens with zero attached hydrogens (tertiary/aromatic N) is 1. The Bertz CT molecular complexity index is 503. The molecule has 18 heavy (non-hydrogen) atoms. The molecule has 0 heterocycles. The summed E-state index contributed by atoms with van der Waals surface area (Å²) in [5, 5.41) is 3.45. The number of nitrogens with one attached hydrogen (secondary N) is 1.